The van der Waals surface area contributed by atoms with Crippen LogP contribution in [-0.4, -0.2) is 104 Å². The lowest BCUT2D eigenvalue weighted by molar-refractivity contribution is -0.286. The first kappa shape index (κ1) is 118. The minimum atomic E-state index is -3.53. The summed E-state index contributed by atoms with van der Waals surface area (Å²) in [5.74, 6) is 5.65. The number of nitrogens with one attached hydrogen (secondary N) is 1. The SMILES string of the molecule is CC(C)(C)c1ccc2c(c1)CCC2.CC(C)(C)c1ccc2c(c1)CCCN2.CC(C)(C)c1ccc2c(c1)OC(F)(F)O2.CC(C)(C)c1ccc2c(c1)OCCO2.CC1(C)Cc2cc(C(C)(C)C)ccc2O1.CC1(C)Cc2ccc(C(C)(C)C)cc2C1.CCN1C(=O)COc2ccc(C(C)(C)C)cc21.CCN1CCc2cc(C(C)(C)C)ccc21.CN1C(=O)COc2ccc(C(C)(C)C)cc21.CN1CCOc2cc(C(C)(C)C)ccc21. The summed E-state index contributed by atoms with van der Waals surface area (Å²) >= 11 is 0. The lowest BCUT2D eigenvalue weighted by Gasteiger charge is -2.30. The highest BCUT2D eigenvalue weighted by Gasteiger charge is 2.44. The molecule has 0 aromatic heterocycles. The number of amides is 2. The summed E-state index contributed by atoms with van der Waals surface area (Å²) < 4.78 is 67.5. The lowest BCUT2D eigenvalue weighted by atomic mass is 9.85. The Bertz CT molecular complexity index is 6010. The van der Waals surface area contributed by atoms with Crippen LogP contribution in [0.25, 0.3) is 0 Å². The quantitative estimate of drug-likeness (QED) is 0.176. The van der Waals surface area contributed by atoms with Crippen molar-refractivity contribution in [3.05, 3.63) is 277 Å². The normalized spacial score (nSPS) is 16.5. The molecule has 10 aromatic rings. The van der Waals surface area contributed by atoms with Crippen molar-refractivity contribution in [1.82, 2.24) is 0 Å². The molecule has 10 aromatic carbocycles. The predicted octanol–water partition coefficient (Wildman–Crippen LogP) is 31.9. The molecule has 15 nitrogen and oxygen atoms in total. The fourth-order valence-corrected chi connectivity index (χ4v) is 19.3. The second-order valence-corrected chi connectivity index (χ2v) is 53.4. The average molecular weight is 2040 g/mol. The van der Waals surface area contributed by atoms with E-state index in [1.165, 1.54) is 148 Å². The first-order valence-electron chi connectivity index (χ1n) is 54.6. The van der Waals surface area contributed by atoms with Gasteiger partial charge in [0.1, 0.15) is 48.4 Å². The van der Waals surface area contributed by atoms with Gasteiger partial charge >= 0.3 is 6.29 Å². The summed E-state index contributed by atoms with van der Waals surface area (Å²) in [6, 6.07) is 64.2. The molecule has 0 saturated carbocycles. The van der Waals surface area contributed by atoms with Crippen molar-refractivity contribution in [1.29, 1.82) is 0 Å². The molecule has 8 heterocycles. The standard InChI is InChI=1S/C15H22.C14H19NO2.C14H21N.C14H20O.C13H17NO2.C13H19NO.C13H19N.C13H18.C12H16O2.C11H12F2O2/c1-14(2,3)13-7-6-11-9-15(4,5)10-12(11)8-13;1-5-15-11-8-10(14(2,3)4)6-7-12(11)17-9-13(15)16;1-5-15-9-8-11-10-12(14(2,3)4)6-7-13(11)15;1-13(2,3)11-6-7-12-10(8-11)9-14(4,5)15-12;1-13(2,3)9-5-6-11-10(7-9)14(4)12(15)8-16-11;1-13(2,3)10-5-6-11-12(9-10)15-8-7-14(11)4;1-13(2,3)11-6-7-12-10(9-11)5-4-8-14-12;1-13(2,3)12-8-7-10-5-4-6-11(10)9-12;1-12(2,3)9-4-5-10-11(8-9)14-7-6-13-10;1-10(2,3)7-4-5-8-9(6-7)15-11(12,13)14-8/h6-8H,9-10H2,1-5H3;6-8H,5,9H2,1-4H3;6-7,10H,5,8-9H2,1-4H3;6-8H,9H2,1-5H3;5-7H,8H2,1-4H3;5-6,9H,7-8H2,1-4H3;6-7,9,14H,4-5,8H2,1-3H3;7-9H,4-6H2,1-3H3;4-5,8H,6-7H2,1-3H3;4-6H,1-3H3. The molecule has 0 radical (unpaired) electrons. The molecule has 149 heavy (non-hydrogen) atoms. The van der Waals surface area contributed by atoms with Crippen LogP contribution >= 0.6 is 0 Å². The second kappa shape index (κ2) is 46.5. The molecule has 8 aliphatic heterocycles. The van der Waals surface area contributed by atoms with Gasteiger partial charge in [-0.3, -0.25) is 9.59 Å². The second-order valence-electron chi connectivity index (χ2n) is 53.4. The number of benzene rings is 10. The maximum Gasteiger partial charge on any atom is 0.586 e. The number of hydrogen-bond acceptors (Lipinski definition) is 13. The number of nitrogens with zero attached hydrogens (tertiary/aromatic N) is 4. The van der Waals surface area contributed by atoms with Crippen molar-refractivity contribution in [2.24, 2.45) is 5.41 Å². The lowest BCUT2D eigenvalue weighted by Crippen LogP contribution is -2.38. The van der Waals surface area contributed by atoms with Gasteiger partial charge in [0, 0.05) is 58.1 Å². The Labute approximate surface area is 896 Å². The van der Waals surface area contributed by atoms with E-state index in [1.54, 1.807) is 51.2 Å². The molecule has 0 unspecified atom stereocenters. The molecular weight excluding hydrogens is 1850 g/mol. The third-order valence-electron chi connectivity index (χ3n) is 29.1. The van der Waals surface area contributed by atoms with Crippen molar-refractivity contribution in [2.75, 3.05) is 105 Å². The van der Waals surface area contributed by atoms with Crippen molar-refractivity contribution in [3.63, 3.8) is 0 Å². The Hall–Kier alpha value is -11.2. The summed E-state index contributed by atoms with van der Waals surface area (Å²) in [6.45, 7) is 87.0. The first-order valence-corrected chi connectivity index (χ1v) is 54.6. The zero-order valence-electron chi connectivity index (χ0n) is 98.4. The molecular formula is C132H183F2N5O10. The molecule has 20 rings (SSSR count). The molecule has 0 spiro atoms. The van der Waals surface area contributed by atoms with E-state index < -0.39 is 6.29 Å². The number of carbonyl (C=O) groups is 2. The Morgan fingerprint density at radius 2 is 0.685 bits per heavy atom. The summed E-state index contributed by atoms with van der Waals surface area (Å²) in [5.41, 5.74) is 31.8. The van der Waals surface area contributed by atoms with Crippen molar-refractivity contribution < 1.29 is 56.3 Å². The van der Waals surface area contributed by atoms with Gasteiger partial charge in [0.2, 0.25) is 0 Å². The molecule has 10 aliphatic rings. The summed E-state index contributed by atoms with van der Waals surface area (Å²) in [5, 5.41) is 3.44. The Kier molecular flexibility index (Phi) is 36.9. The number of fused-ring (bicyclic) bond motifs is 10. The predicted molar refractivity (Wildman–Crippen MR) is 620 cm³/mol. The zero-order chi connectivity index (χ0) is 110. The largest absolute Gasteiger partial charge is 0.586 e. The molecule has 0 atom stereocenters. The average Bonchev–Trinajstić information content (AvgIpc) is 1.78. The third-order valence-corrected chi connectivity index (χ3v) is 29.1. The highest BCUT2D eigenvalue weighted by molar-refractivity contribution is 5.98. The Morgan fingerprint density at radius 3 is 1.21 bits per heavy atom. The Balaban J connectivity index is 0.000000157. The summed E-state index contributed by atoms with van der Waals surface area (Å²) in [4.78, 5) is 31.4. The van der Waals surface area contributed by atoms with Gasteiger partial charge in [-0.05, 0) is 312 Å². The monoisotopic (exact) mass is 2040 g/mol. The fourth-order valence-electron chi connectivity index (χ4n) is 19.3. The molecule has 0 fully saturated rings. The van der Waals surface area contributed by atoms with Gasteiger partial charge in [-0.2, -0.15) is 0 Å². The Morgan fingerprint density at radius 1 is 0.302 bits per heavy atom. The van der Waals surface area contributed by atoms with E-state index in [0.717, 1.165) is 84.1 Å². The number of hydrogen-bond donors (Lipinski definition) is 1. The minimum Gasteiger partial charge on any atom is -0.490 e. The maximum atomic E-state index is 12.7. The van der Waals surface area contributed by atoms with Crippen LogP contribution in [0.3, 0.4) is 0 Å². The van der Waals surface area contributed by atoms with Crippen LogP contribution in [-0.2, 0) is 109 Å². The number of ether oxygens (including phenoxy) is 8. The van der Waals surface area contributed by atoms with Crippen LogP contribution in [0.1, 0.15) is 357 Å². The van der Waals surface area contributed by atoms with Crippen LogP contribution in [0.15, 0.2) is 182 Å². The molecule has 810 valence electrons. The van der Waals surface area contributed by atoms with Crippen LogP contribution in [0, 0.1) is 5.41 Å². The van der Waals surface area contributed by atoms with Crippen molar-refractivity contribution in [3.8, 4) is 46.0 Å². The van der Waals surface area contributed by atoms with Crippen LogP contribution in [0.2, 0.25) is 0 Å². The fraction of sp³-hybridized carbons (Fsp3) is 0.530. The summed E-state index contributed by atoms with van der Waals surface area (Å²) in [7, 11) is 3.90. The van der Waals surface area contributed by atoms with Gasteiger partial charge in [-0.15, -0.1) is 8.78 Å². The number of rotatable bonds is 2. The maximum absolute atomic E-state index is 12.7. The van der Waals surface area contributed by atoms with E-state index in [9.17, 15) is 18.4 Å². The van der Waals surface area contributed by atoms with Crippen LogP contribution in [0.4, 0.5) is 37.2 Å². The number of halogens is 2. The van der Waals surface area contributed by atoms with Gasteiger partial charge in [-0.25, -0.2) is 0 Å². The van der Waals surface area contributed by atoms with Crippen molar-refractivity contribution in [2.45, 2.75) is 373 Å². The number of anilines is 5. The summed E-state index contributed by atoms with van der Waals surface area (Å²) in [6.07, 6.45) is 7.62. The zero-order valence-corrected chi connectivity index (χ0v) is 98.4. The van der Waals surface area contributed by atoms with E-state index in [2.05, 4.69) is 393 Å². The van der Waals surface area contributed by atoms with E-state index in [1.807, 2.05) is 52.0 Å². The third kappa shape index (κ3) is 32.2. The van der Waals surface area contributed by atoms with E-state index in [0.29, 0.717) is 30.6 Å². The van der Waals surface area contributed by atoms with Crippen molar-refractivity contribution >= 4 is 40.3 Å². The number of alkyl halides is 2. The molecule has 2 aliphatic carbocycles. The topological polar surface area (TPSA) is 133 Å². The number of aryl methyl sites for hydroxylation is 3. The van der Waals surface area contributed by atoms with E-state index in [-0.39, 0.29) is 90.9 Å². The number of carbonyl (C=O) groups excluding carboxylic acids is 2. The van der Waals surface area contributed by atoms with Gasteiger partial charge in [0.05, 0.1) is 23.6 Å². The molecule has 0 bridgehead atoms. The van der Waals surface area contributed by atoms with Crippen LogP contribution < -0.4 is 62.8 Å². The van der Waals surface area contributed by atoms with Gasteiger partial charge < -0.3 is 62.8 Å². The smallest absolute Gasteiger partial charge is 0.490 e. The number of likely N-dealkylation sites (N-methyl/N-ethyl adjacent to an activating group) is 4. The molecule has 1 N–H and O–H groups in total. The van der Waals surface area contributed by atoms with Crippen LogP contribution in [0.5, 0.6) is 46.0 Å². The van der Waals surface area contributed by atoms with E-state index in [4.69, 9.17) is 28.4 Å². The van der Waals surface area contributed by atoms with Gasteiger partial charge in [-0.1, -0.05) is 325 Å². The van der Waals surface area contributed by atoms with Gasteiger partial charge in [0.25, 0.3) is 11.8 Å². The van der Waals surface area contributed by atoms with Gasteiger partial charge in [0.15, 0.2) is 36.2 Å². The molecule has 17 heteroatoms. The highest BCUT2D eigenvalue weighted by atomic mass is 19.3. The first-order chi connectivity index (χ1) is 68.9. The molecule has 2 amide bonds. The van der Waals surface area contributed by atoms with E-state index >= 15 is 0 Å². The highest BCUT2D eigenvalue weighted by Crippen LogP contribution is 2.47. The molecule has 0 saturated heterocycles. The minimum absolute atomic E-state index is 0.00133.